The average Bonchev–Trinajstić information content (AvgIpc) is 2.20. The summed E-state index contributed by atoms with van der Waals surface area (Å²) in [5, 5.41) is 18.0. The summed E-state index contributed by atoms with van der Waals surface area (Å²) in [6, 6.07) is 4.45. The van der Waals surface area contributed by atoms with Crippen molar-refractivity contribution >= 4 is 18.6 Å². The molecule has 1 aromatic carbocycles. The zero-order valence-corrected chi connectivity index (χ0v) is 8.21. The Kier molecular flexibility index (Phi) is 2.99. The van der Waals surface area contributed by atoms with E-state index in [9.17, 15) is 9.90 Å². The van der Waals surface area contributed by atoms with Gasteiger partial charge in [0.25, 0.3) is 0 Å². The van der Waals surface area contributed by atoms with Gasteiger partial charge in [-0.2, -0.15) is 5.26 Å². The highest BCUT2D eigenvalue weighted by molar-refractivity contribution is 7.80. The molecule has 0 atom stereocenters. The summed E-state index contributed by atoms with van der Waals surface area (Å²) in [5.41, 5.74) is 0.109. The Bertz CT molecular complexity index is 423. The molecule has 0 radical (unpaired) electrons. The van der Waals surface area contributed by atoms with Gasteiger partial charge in [0.1, 0.15) is 11.8 Å². The van der Waals surface area contributed by atoms with Crippen molar-refractivity contribution < 1.29 is 14.6 Å². The lowest BCUT2D eigenvalue weighted by Crippen LogP contribution is -2.05. The first-order valence-corrected chi connectivity index (χ1v) is 4.10. The van der Waals surface area contributed by atoms with Crippen LogP contribution in [0.2, 0.25) is 0 Å². The fraction of sp³-hybridized carbons (Fsp3) is 0.111. The Morgan fingerprint density at radius 1 is 1.64 bits per heavy atom. The molecule has 0 saturated carbocycles. The Balaban J connectivity index is 3.45. The molecular formula is C9H7NO3S. The van der Waals surface area contributed by atoms with Crippen molar-refractivity contribution in [3.05, 3.63) is 23.3 Å². The highest BCUT2D eigenvalue weighted by Crippen LogP contribution is 2.28. The van der Waals surface area contributed by atoms with Gasteiger partial charge in [0, 0.05) is 0 Å². The molecule has 0 aromatic heterocycles. The molecule has 0 heterocycles. The minimum absolute atomic E-state index is 0.0154. The van der Waals surface area contributed by atoms with Crippen molar-refractivity contribution in [1.82, 2.24) is 0 Å². The third-order valence-electron chi connectivity index (χ3n) is 1.67. The number of carbonyl (C=O) groups excluding carboxylic acids is 1. The van der Waals surface area contributed by atoms with Gasteiger partial charge in [-0.15, -0.1) is 12.6 Å². The summed E-state index contributed by atoms with van der Waals surface area (Å²) in [4.78, 5) is 11.3. The second kappa shape index (κ2) is 4.03. The quantitative estimate of drug-likeness (QED) is 0.541. The maximum absolute atomic E-state index is 11.2. The van der Waals surface area contributed by atoms with Gasteiger partial charge in [0.15, 0.2) is 0 Å². The molecule has 0 amide bonds. The van der Waals surface area contributed by atoms with Crippen LogP contribution >= 0.6 is 12.6 Å². The molecule has 0 unspecified atom stereocenters. The predicted molar refractivity (Wildman–Crippen MR) is 51.4 cm³/mol. The highest BCUT2D eigenvalue weighted by Gasteiger charge is 2.17. The van der Waals surface area contributed by atoms with Crippen molar-refractivity contribution in [2.24, 2.45) is 0 Å². The first-order chi connectivity index (χ1) is 6.61. The summed E-state index contributed by atoms with van der Waals surface area (Å²) in [7, 11) is 1.20. The number of esters is 1. The second-order valence-electron chi connectivity index (χ2n) is 2.46. The van der Waals surface area contributed by atoms with Crippen molar-refractivity contribution in [2.75, 3.05) is 7.11 Å². The van der Waals surface area contributed by atoms with E-state index >= 15 is 0 Å². The number of phenols is 1. The Morgan fingerprint density at radius 3 is 2.79 bits per heavy atom. The Morgan fingerprint density at radius 2 is 2.29 bits per heavy atom. The lowest BCUT2D eigenvalue weighted by molar-refractivity contribution is 0.0595. The van der Waals surface area contributed by atoms with E-state index in [2.05, 4.69) is 17.4 Å². The fourth-order valence-electron chi connectivity index (χ4n) is 0.982. The minimum Gasteiger partial charge on any atom is -0.507 e. The summed E-state index contributed by atoms with van der Waals surface area (Å²) >= 11 is 3.93. The minimum atomic E-state index is -0.692. The number of aromatic hydroxyl groups is 1. The first kappa shape index (κ1) is 10.4. The van der Waals surface area contributed by atoms with E-state index in [1.54, 1.807) is 0 Å². The average molecular weight is 209 g/mol. The third kappa shape index (κ3) is 1.65. The Labute approximate surface area is 86.1 Å². The number of hydrogen-bond acceptors (Lipinski definition) is 5. The number of hydrogen-bond donors (Lipinski definition) is 2. The molecule has 1 aromatic rings. The summed E-state index contributed by atoms with van der Waals surface area (Å²) in [5.74, 6) is -0.852. The van der Waals surface area contributed by atoms with Gasteiger partial charge in [-0.25, -0.2) is 4.79 Å². The smallest absolute Gasteiger partial charge is 0.340 e. The maximum atomic E-state index is 11.2. The SMILES string of the molecule is COC(=O)c1c(C#N)ccc(O)c1S. The molecule has 1 N–H and O–H groups in total. The van der Waals surface area contributed by atoms with Crippen molar-refractivity contribution in [3.63, 3.8) is 0 Å². The zero-order valence-electron chi connectivity index (χ0n) is 7.31. The first-order valence-electron chi connectivity index (χ1n) is 3.65. The topological polar surface area (TPSA) is 70.3 Å². The van der Waals surface area contributed by atoms with Crippen LogP contribution < -0.4 is 0 Å². The maximum Gasteiger partial charge on any atom is 0.340 e. The van der Waals surface area contributed by atoms with Gasteiger partial charge < -0.3 is 9.84 Å². The fourth-order valence-corrected chi connectivity index (χ4v) is 1.27. The molecule has 0 aliphatic carbocycles. The van der Waals surface area contributed by atoms with Crippen LogP contribution in [0.3, 0.4) is 0 Å². The van der Waals surface area contributed by atoms with Crippen LogP contribution in [0.4, 0.5) is 0 Å². The number of ether oxygens (including phenoxy) is 1. The molecule has 0 aliphatic heterocycles. The lowest BCUT2D eigenvalue weighted by Gasteiger charge is -2.06. The molecule has 1 rings (SSSR count). The van der Waals surface area contributed by atoms with E-state index < -0.39 is 5.97 Å². The van der Waals surface area contributed by atoms with Crippen LogP contribution in [0.1, 0.15) is 15.9 Å². The summed E-state index contributed by atoms with van der Waals surface area (Å²) in [6.07, 6.45) is 0. The standard InChI is InChI=1S/C9H7NO3S/c1-13-9(12)7-5(4-10)2-3-6(11)8(7)14/h2-3,11,14H,1H3. The molecule has 0 aliphatic rings. The number of nitriles is 1. The third-order valence-corrected chi connectivity index (χ3v) is 2.12. The molecule has 72 valence electrons. The van der Waals surface area contributed by atoms with Crippen molar-refractivity contribution in [2.45, 2.75) is 4.90 Å². The highest BCUT2D eigenvalue weighted by atomic mass is 32.1. The van der Waals surface area contributed by atoms with E-state index in [-0.39, 0.29) is 21.8 Å². The lowest BCUT2D eigenvalue weighted by atomic mass is 10.1. The van der Waals surface area contributed by atoms with E-state index in [1.165, 1.54) is 19.2 Å². The molecule has 0 fully saturated rings. The van der Waals surface area contributed by atoms with Crippen LogP contribution in [0.25, 0.3) is 0 Å². The number of nitrogens with zero attached hydrogens (tertiary/aromatic N) is 1. The van der Waals surface area contributed by atoms with Crippen LogP contribution in [0, 0.1) is 11.3 Å². The number of rotatable bonds is 1. The molecule has 4 nitrogen and oxygen atoms in total. The van der Waals surface area contributed by atoms with Crippen molar-refractivity contribution in [1.29, 1.82) is 5.26 Å². The molecule has 0 bridgehead atoms. The van der Waals surface area contributed by atoms with E-state index in [1.807, 2.05) is 6.07 Å². The molecular weight excluding hydrogens is 202 g/mol. The van der Waals surface area contributed by atoms with Crippen LogP contribution in [-0.4, -0.2) is 18.2 Å². The summed E-state index contributed by atoms with van der Waals surface area (Å²) < 4.78 is 4.46. The van der Waals surface area contributed by atoms with Crippen molar-refractivity contribution in [3.8, 4) is 11.8 Å². The predicted octanol–water partition coefficient (Wildman–Crippen LogP) is 1.34. The van der Waals surface area contributed by atoms with Crippen LogP contribution in [0.5, 0.6) is 5.75 Å². The molecule has 5 heteroatoms. The number of thiol groups is 1. The molecule has 0 spiro atoms. The second-order valence-corrected chi connectivity index (χ2v) is 2.91. The monoisotopic (exact) mass is 209 g/mol. The van der Waals surface area contributed by atoms with E-state index in [0.717, 1.165) is 0 Å². The van der Waals surface area contributed by atoms with Gasteiger partial charge in [-0.1, -0.05) is 0 Å². The van der Waals surface area contributed by atoms with E-state index in [0.29, 0.717) is 0 Å². The van der Waals surface area contributed by atoms with Gasteiger partial charge in [0.2, 0.25) is 0 Å². The Hall–Kier alpha value is -1.67. The van der Waals surface area contributed by atoms with E-state index in [4.69, 9.17) is 5.26 Å². The zero-order chi connectivity index (χ0) is 10.7. The number of methoxy groups -OCH3 is 1. The van der Waals surface area contributed by atoms with Gasteiger partial charge in [-0.05, 0) is 12.1 Å². The van der Waals surface area contributed by atoms with Gasteiger partial charge in [0.05, 0.1) is 23.1 Å². The summed E-state index contributed by atoms with van der Waals surface area (Å²) in [6.45, 7) is 0. The van der Waals surface area contributed by atoms with Crippen LogP contribution in [0.15, 0.2) is 17.0 Å². The van der Waals surface area contributed by atoms with Gasteiger partial charge in [-0.3, -0.25) is 0 Å². The van der Waals surface area contributed by atoms with Crippen LogP contribution in [-0.2, 0) is 4.74 Å². The molecule has 0 saturated heterocycles. The number of carbonyl (C=O) groups is 1. The number of benzene rings is 1. The normalized spacial score (nSPS) is 9.21. The molecule has 14 heavy (non-hydrogen) atoms. The largest absolute Gasteiger partial charge is 0.507 e. The van der Waals surface area contributed by atoms with Gasteiger partial charge >= 0.3 is 5.97 Å². The number of phenolic OH excluding ortho intramolecular Hbond substituents is 1.